The van der Waals surface area contributed by atoms with E-state index >= 15 is 0 Å². The second-order valence-electron chi connectivity index (χ2n) is 6.54. The Balaban J connectivity index is 1.59. The number of thiazole rings is 1. The van der Waals surface area contributed by atoms with Crippen molar-refractivity contribution in [3.63, 3.8) is 0 Å². The first-order valence-corrected chi connectivity index (χ1v) is 10.9. The SMILES string of the molecule is CCc1nc(C)c2c(C)c(C(=O)Nc3nc(-c4ccc(OC)cc4)cs3)sc2n1. The number of hydrogen-bond acceptors (Lipinski definition) is 7. The van der Waals surface area contributed by atoms with E-state index in [-0.39, 0.29) is 5.91 Å². The molecule has 4 aromatic rings. The molecule has 3 aromatic heterocycles. The Morgan fingerprint density at radius 2 is 1.90 bits per heavy atom. The summed E-state index contributed by atoms with van der Waals surface area (Å²) >= 11 is 2.80. The van der Waals surface area contributed by atoms with Crippen molar-refractivity contribution in [1.29, 1.82) is 0 Å². The molecule has 1 aromatic carbocycles. The predicted molar refractivity (Wildman–Crippen MR) is 118 cm³/mol. The van der Waals surface area contributed by atoms with Gasteiger partial charge in [0, 0.05) is 28.4 Å². The van der Waals surface area contributed by atoms with Crippen LogP contribution in [-0.4, -0.2) is 28.0 Å². The summed E-state index contributed by atoms with van der Waals surface area (Å²) in [6.07, 6.45) is 0.766. The van der Waals surface area contributed by atoms with Gasteiger partial charge in [0.2, 0.25) is 0 Å². The fourth-order valence-corrected chi connectivity index (χ4v) is 5.01. The fourth-order valence-electron chi connectivity index (χ4n) is 3.15. The molecule has 4 rings (SSSR count). The van der Waals surface area contributed by atoms with Crippen molar-refractivity contribution in [3.8, 4) is 17.0 Å². The molecule has 8 heteroatoms. The summed E-state index contributed by atoms with van der Waals surface area (Å²) in [5.41, 5.74) is 3.61. The number of nitrogens with zero attached hydrogens (tertiary/aromatic N) is 3. The number of amides is 1. The highest BCUT2D eigenvalue weighted by Crippen LogP contribution is 2.33. The average Bonchev–Trinajstić information content (AvgIpc) is 3.32. The highest BCUT2D eigenvalue weighted by Gasteiger charge is 2.20. The molecule has 1 N–H and O–H groups in total. The van der Waals surface area contributed by atoms with Gasteiger partial charge in [0.15, 0.2) is 5.13 Å². The van der Waals surface area contributed by atoms with E-state index in [1.54, 1.807) is 7.11 Å². The number of methoxy groups -OCH3 is 1. The molecular weight excluding hydrogens is 404 g/mol. The van der Waals surface area contributed by atoms with Crippen LogP contribution in [0.5, 0.6) is 5.75 Å². The molecule has 29 heavy (non-hydrogen) atoms. The van der Waals surface area contributed by atoms with E-state index in [0.717, 1.165) is 50.7 Å². The molecule has 3 heterocycles. The molecule has 0 atom stereocenters. The summed E-state index contributed by atoms with van der Waals surface area (Å²) in [7, 11) is 1.64. The number of hydrogen-bond donors (Lipinski definition) is 1. The maximum atomic E-state index is 12.9. The van der Waals surface area contributed by atoms with Crippen LogP contribution in [0.1, 0.15) is 33.7 Å². The number of ether oxygens (including phenoxy) is 1. The molecule has 0 saturated carbocycles. The van der Waals surface area contributed by atoms with E-state index in [4.69, 9.17) is 4.74 Å². The third-order valence-electron chi connectivity index (χ3n) is 4.65. The zero-order valence-corrected chi connectivity index (χ0v) is 18.2. The van der Waals surface area contributed by atoms with E-state index in [1.807, 2.05) is 50.4 Å². The van der Waals surface area contributed by atoms with Crippen molar-refractivity contribution < 1.29 is 9.53 Å². The Bertz CT molecular complexity index is 1200. The minimum Gasteiger partial charge on any atom is -0.497 e. The molecule has 0 aliphatic rings. The minimum absolute atomic E-state index is 0.168. The van der Waals surface area contributed by atoms with Gasteiger partial charge in [-0.15, -0.1) is 22.7 Å². The molecule has 0 bridgehead atoms. The van der Waals surface area contributed by atoms with Gasteiger partial charge in [-0.05, 0) is 43.7 Å². The first-order chi connectivity index (χ1) is 14.0. The number of thiophene rings is 1. The zero-order valence-electron chi connectivity index (χ0n) is 16.6. The molecule has 0 spiro atoms. The molecule has 0 saturated heterocycles. The van der Waals surface area contributed by atoms with Crippen LogP contribution in [0.4, 0.5) is 5.13 Å². The molecule has 148 valence electrons. The Morgan fingerprint density at radius 3 is 2.59 bits per heavy atom. The van der Waals surface area contributed by atoms with Crippen molar-refractivity contribution in [1.82, 2.24) is 15.0 Å². The van der Waals surface area contributed by atoms with Gasteiger partial charge in [-0.3, -0.25) is 10.1 Å². The van der Waals surface area contributed by atoms with Crippen LogP contribution in [0.2, 0.25) is 0 Å². The van der Waals surface area contributed by atoms with Gasteiger partial charge < -0.3 is 4.74 Å². The van der Waals surface area contributed by atoms with Crippen LogP contribution >= 0.6 is 22.7 Å². The third-order valence-corrected chi connectivity index (χ3v) is 6.59. The van der Waals surface area contributed by atoms with Crippen LogP contribution in [0.3, 0.4) is 0 Å². The summed E-state index contributed by atoms with van der Waals surface area (Å²) in [5, 5.41) is 6.39. The van der Waals surface area contributed by atoms with Crippen LogP contribution in [0.15, 0.2) is 29.6 Å². The Hall–Kier alpha value is -2.84. The lowest BCUT2D eigenvalue weighted by Gasteiger charge is -2.02. The summed E-state index contributed by atoms with van der Waals surface area (Å²) in [6.45, 7) is 5.93. The van der Waals surface area contributed by atoms with Gasteiger partial charge in [-0.1, -0.05) is 6.92 Å². The highest BCUT2D eigenvalue weighted by molar-refractivity contribution is 7.21. The number of aromatic nitrogens is 3. The van der Waals surface area contributed by atoms with Crippen molar-refractivity contribution in [3.05, 3.63) is 51.6 Å². The molecule has 1 amide bonds. The van der Waals surface area contributed by atoms with Gasteiger partial charge in [-0.25, -0.2) is 15.0 Å². The van der Waals surface area contributed by atoms with Crippen LogP contribution in [0, 0.1) is 13.8 Å². The molecule has 0 radical (unpaired) electrons. The lowest BCUT2D eigenvalue weighted by molar-refractivity contribution is 0.103. The quantitative estimate of drug-likeness (QED) is 0.473. The van der Waals surface area contributed by atoms with Gasteiger partial charge in [0.1, 0.15) is 16.4 Å². The van der Waals surface area contributed by atoms with Crippen LogP contribution < -0.4 is 10.1 Å². The second-order valence-corrected chi connectivity index (χ2v) is 8.39. The second kappa shape index (κ2) is 7.88. The average molecular weight is 425 g/mol. The standard InChI is InChI=1S/C21H20N4O2S2/c1-5-16-22-12(3)17-11(2)18(29-20(17)24-16)19(26)25-21-23-15(10-28-21)13-6-8-14(27-4)9-7-13/h6-10H,5H2,1-4H3,(H,23,25,26). The topological polar surface area (TPSA) is 77.0 Å². The highest BCUT2D eigenvalue weighted by atomic mass is 32.1. The number of nitrogens with one attached hydrogen (secondary N) is 1. The van der Waals surface area contributed by atoms with E-state index < -0.39 is 0 Å². The zero-order chi connectivity index (χ0) is 20.5. The van der Waals surface area contributed by atoms with Crippen LogP contribution in [-0.2, 0) is 6.42 Å². The lowest BCUT2D eigenvalue weighted by atomic mass is 10.1. The first kappa shape index (κ1) is 19.5. The molecule has 0 fully saturated rings. The lowest BCUT2D eigenvalue weighted by Crippen LogP contribution is -2.11. The van der Waals surface area contributed by atoms with Gasteiger partial charge >= 0.3 is 0 Å². The van der Waals surface area contributed by atoms with Gasteiger partial charge in [0.05, 0.1) is 17.7 Å². The first-order valence-electron chi connectivity index (χ1n) is 9.18. The fraction of sp³-hybridized carbons (Fsp3) is 0.238. The number of rotatable bonds is 5. The Kier molecular flexibility index (Phi) is 5.29. The molecule has 0 unspecified atom stereocenters. The number of carbonyl (C=O) groups is 1. The normalized spacial score (nSPS) is 11.0. The molecule has 0 aliphatic heterocycles. The van der Waals surface area contributed by atoms with Gasteiger partial charge in [-0.2, -0.15) is 0 Å². The molecular formula is C21H20N4O2S2. The predicted octanol–water partition coefficient (Wildman–Crippen LogP) is 5.25. The van der Waals surface area contributed by atoms with Gasteiger partial charge in [0.25, 0.3) is 5.91 Å². The van der Waals surface area contributed by atoms with E-state index in [9.17, 15) is 4.79 Å². The van der Waals surface area contributed by atoms with Crippen molar-refractivity contribution in [2.45, 2.75) is 27.2 Å². The van der Waals surface area contributed by atoms with E-state index in [2.05, 4.69) is 20.3 Å². The Morgan fingerprint density at radius 1 is 1.14 bits per heavy atom. The monoisotopic (exact) mass is 424 g/mol. The van der Waals surface area contributed by atoms with Crippen molar-refractivity contribution in [2.24, 2.45) is 0 Å². The largest absolute Gasteiger partial charge is 0.497 e. The number of fused-ring (bicyclic) bond motifs is 1. The smallest absolute Gasteiger partial charge is 0.267 e. The summed E-state index contributed by atoms with van der Waals surface area (Å²) in [5.74, 6) is 1.42. The minimum atomic E-state index is -0.168. The summed E-state index contributed by atoms with van der Waals surface area (Å²) in [6, 6.07) is 7.67. The van der Waals surface area contributed by atoms with E-state index in [1.165, 1.54) is 22.7 Å². The summed E-state index contributed by atoms with van der Waals surface area (Å²) < 4.78 is 5.19. The van der Waals surface area contributed by atoms with Crippen molar-refractivity contribution in [2.75, 3.05) is 12.4 Å². The number of aryl methyl sites for hydroxylation is 3. The molecule has 6 nitrogen and oxygen atoms in total. The molecule has 0 aliphatic carbocycles. The number of benzene rings is 1. The third kappa shape index (κ3) is 3.73. The number of carbonyl (C=O) groups excluding carboxylic acids is 1. The summed E-state index contributed by atoms with van der Waals surface area (Å²) in [4.78, 5) is 28.1. The maximum absolute atomic E-state index is 12.9. The van der Waals surface area contributed by atoms with Crippen LogP contribution in [0.25, 0.3) is 21.5 Å². The Labute approximate surface area is 176 Å². The van der Waals surface area contributed by atoms with E-state index in [0.29, 0.717) is 10.0 Å². The van der Waals surface area contributed by atoms with Crippen molar-refractivity contribution >= 4 is 43.9 Å². The number of anilines is 1. The maximum Gasteiger partial charge on any atom is 0.267 e.